The van der Waals surface area contributed by atoms with Gasteiger partial charge in [-0.15, -0.1) is 12.4 Å². The second kappa shape index (κ2) is 6.17. The molecular weight excluding hydrogens is 279 g/mol. The Kier molecular flexibility index (Phi) is 5.13. The first-order valence-corrected chi connectivity index (χ1v) is 5.66. The van der Waals surface area contributed by atoms with Gasteiger partial charge in [-0.1, -0.05) is 11.6 Å². The Morgan fingerprint density at radius 1 is 1.67 bits per heavy atom. The van der Waals surface area contributed by atoms with E-state index >= 15 is 0 Å². The first-order valence-electron chi connectivity index (χ1n) is 5.29. The molecule has 1 aliphatic heterocycles. The predicted molar refractivity (Wildman–Crippen MR) is 70.7 cm³/mol. The molecule has 0 aliphatic carbocycles. The quantitative estimate of drug-likeness (QED) is 0.782. The fourth-order valence-electron chi connectivity index (χ4n) is 1.72. The van der Waals surface area contributed by atoms with Crippen molar-refractivity contribution in [3.05, 3.63) is 16.9 Å². The van der Waals surface area contributed by atoms with Gasteiger partial charge in [0, 0.05) is 31.4 Å². The van der Waals surface area contributed by atoms with Crippen LogP contribution < -0.4 is 10.2 Å². The number of carboxylic acids is 1. The van der Waals surface area contributed by atoms with Gasteiger partial charge in [0.2, 0.25) is 5.95 Å². The number of nitrogens with zero attached hydrogens (tertiary/aromatic N) is 3. The molecule has 1 saturated heterocycles. The summed E-state index contributed by atoms with van der Waals surface area (Å²) >= 11 is 5.92. The average molecular weight is 293 g/mol. The number of rotatable bonds is 2. The molecular formula is C10H14Cl2N4O2. The molecule has 1 atom stereocenters. The van der Waals surface area contributed by atoms with Crippen molar-refractivity contribution in [1.82, 2.24) is 15.3 Å². The maximum Gasteiger partial charge on any atom is 0.327 e. The van der Waals surface area contributed by atoms with Crippen LogP contribution in [0.15, 0.2) is 6.20 Å². The van der Waals surface area contributed by atoms with Gasteiger partial charge in [-0.25, -0.2) is 14.8 Å². The minimum atomic E-state index is -0.891. The van der Waals surface area contributed by atoms with Gasteiger partial charge in [0.05, 0.1) is 0 Å². The summed E-state index contributed by atoms with van der Waals surface area (Å²) in [6, 6.07) is -0.650. The van der Waals surface area contributed by atoms with Crippen molar-refractivity contribution in [3.63, 3.8) is 0 Å². The summed E-state index contributed by atoms with van der Waals surface area (Å²) in [6.07, 6.45) is 1.60. The molecule has 1 aromatic heterocycles. The summed E-state index contributed by atoms with van der Waals surface area (Å²) in [5.74, 6) is -0.521. The van der Waals surface area contributed by atoms with Gasteiger partial charge in [0.25, 0.3) is 0 Å². The van der Waals surface area contributed by atoms with E-state index in [1.807, 2.05) is 0 Å². The molecule has 0 saturated carbocycles. The smallest absolute Gasteiger partial charge is 0.327 e. The van der Waals surface area contributed by atoms with Gasteiger partial charge in [-0.05, 0) is 6.92 Å². The van der Waals surface area contributed by atoms with E-state index in [0.29, 0.717) is 30.7 Å². The molecule has 0 amide bonds. The number of aryl methyl sites for hydroxylation is 1. The number of halogens is 2. The number of aliphatic carboxylic acids is 1. The lowest BCUT2D eigenvalue weighted by Crippen LogP contribution is -2.55. The fraction of sp³-hybridized carbons (Fsp3) is 0.500. The summed E-state index contributed by atoms with van der Waals surface area (Å²) in [4.78, 5) is 21.0. The van der Waals surface area contributed by atoms with Crippen molar-refractivity contribution < 1.29 is 9.90 Å². The minimum Gasteiger partial charge on any atom is -0.480 e. The molecule has 6 nitrogen and oxygen atoms in total. The van der Waals surface area contributed by atoms with E-state index in [2.05, 4.69) is 15.3 Å². The summed E-state index contributed by atoms with van der Waals surface area (Å²) < 4.78 is 0. The summed E-state index contributed by atoms with van der Waals surface area (Å²) in [5.41, 5.74) is 0.775. The molecule has 8 heteroatoms. The SMILES string of the molecule is Cc1cnc(N2CCNCC2C(=O)O)nc1Cl.Cl. The van der Waals surface area contributed by atoms with Crippen LogP contribution in [-0.2, 0) is 4.79 Å². The van der Waals surface area contributed by atoms with Crippen LogP contribution in [0.5, 0.6) is 0 Å². The van der Waals surface area contributed by atoms with Gasteiger partial charge in [-0.3, -0.25) is 0 Å². The minimum absolute atomic E-state index is 0. The van der Waals surface area contributed by atoms with E-state index in [0.717, 1.165) is 5.56 Å². The van der Waals surface area contributed by atoms with Crippen LogP contribution in [0.1, 0.15) is 5.56 Å². The molecule has 2 heterocycles. The zero-order valence-corrected chi connectivity index (χ0v) is 11.3. The molecule has 100 valence electrons. The average Bonchev–Trinajstić information content (AvgIpc) is 2.32. The lowest BCUT2D eigenvalue weighted by atomic mass is 10.2. The van der Waals surface area contributed by atoms with E-state index in [9.17, 15) is 4.79 Å². The molecule has 2 rings (SSSR count). The summed E-state index contributed by atoms with van der Waals surface area (Å²) in [7, 11) is 0. The Balaban J connectivity index is 0.00000162. The van der Waals surface area contributed by atoms with Crippen molar-refractivity contribution in [2.75, 3.05) is 24.5 Å². The Labute approximate surface area is 116 Å². The van der Waals surface area contributed by atoms with Crippen LogP contribution in [-0.4, -0.2) is 46.7 Å². The Hall–Kier alpha value is -1.11. The van der Waals surface area contributed by atoms with Crippen molar-refractivity contribution >= 4 is 35.9 Å². The molecule has 1 aliphatic rings. The van der Waals surface area contributed by atoms with E-state index in [1.54, 1.807) is 18.0 Å². The maximum atomic E-state index is 11.1. The standard InChI is InChI=1S/C10H13ClN4O2.ClH/c1-6-4-13-10(14-8(6)11)15-3-2-12-5-7(15)9(16)17;/h4,7,12H,2-3,5H2,1H3,(H,16,17);1H. The number of aromatic nitrogens is 2. The third kappa shape index (κ3) is 3.01. The predicted octanol–water partition coefficient (Wildman–Crippen LogP) is 0.723. The fourth-order valence-corrected chi connectivity index (χ4v) is 1.84. The highest BCUT2D eigenvalue weighted by atomic mass is 35.5. The normalized spacial score (nSPS) is 19.2. The van der Waals surface area contributed by atoms with E-state index < -0.39 is 12.0 Å². The van der Waals surface area contributed by atoms with Gasteiger partial charge >= 0.3 is 5.97 Å². The number of hydrogen-bond donors (Lipinski definition) is 2. The molecule has 0 spiro atoms. The Morgan fingerprint density at radius 3 is 3.00 bits per heavy atom. The monoisotopic (exact) mass is 292 g/mol. The van der Waals surface area contributed by atoms with Crippen molar-refractivity contribution in [3.8, 4) is 0 Å². The number of nitrogens with one attached hydrogen (secondary N) is 1. The maximum absolute atomic E-state index is 11.1. The van der Waals surface area contributed by atoms with E-state index in [-0.39, 0.29) is 12.4 Å². The number of piperazine rings is 1. The zero-order chi connectivity index (χ0) is 12.4. The zero-order valence-electron chi connectivity index (χ0n) is 9.76. The molecule has 1 unspecified atom stereocenters. The molecule has 1 aromatic rings. The van der Waals surface area contributed by atoms with E-state index in [1.165, 1.54) is 0 Å². The van der Waals surface area contributed by atoms with Crippen LogP contribution in [0.4, 0.5) is 5.95 Å². The highest BCUT2D eigenvalue weighted by Gasteiger charge is 2.30. The number of hydrogen-bond acceptors (Lipinski definition) is 5. The second-order valence-electron chi connectivity index (χ2n) is 3.90. The van der Waals surface area contributed by atoms with Gasteiger partial charge < -0.3 is 15.3 Å². The van der Waals surface area contributed by atoms with Crippen molar-refractivity contribution in [2.45, 2.75) is 13.0 Å². The second-order valence-corrected chi connectivity index (χ2v) is 4.25. The Morgan fingerprint density at radius 2 is 2.39 bits per heavy atom. The summed E-state index contributed by atoms with van der Waals surface area (Å²) in [5, 5.41) is 12.5. The van der Waals surface area contributed by atoms with Crippen LogP contribution in [0.2, 0.25) is 5.15 Å². The lowest BCUT2D eigenvalue weighted by molar-refractivity contribution is -0.138. The third-order valence-electron chi connectivity index (χ3n) is 2.68. The molecule has 0 aromatic carbocycles. The van der Waals surface area contributed by atoms with Crippen molar-refractivity contribution in [1.29, 1.82) is 0 Å². The summed E-state index contributed by atoms with van der Waals surface area (Å²) in [6.45, 7) is 3.44. The third-order valence-corrected chi connectivity index (χ3v) is 3.07. The lowest BCUT2D eigenvalue weighted by Gasteiger charge is -2.33. The molecule has 1 fully saturated rings. The molecule has 0 radical (unpaired) electrons. The number of anilines is 1. The molecule has 2 N–H and O–H groups in total. The van der Waals surface area contributed by atoms with Crippen LogP contribution in [0.25, 0.3) is 0 Å². The van der Waals surface area contributed by atoms with Crippen LogP contribution in [0.3, 0.4) is 0 Å². The highest BCUT2D eigenvalue weighted by Crippen LogP contribution is 2.18. The largest absolute Gasteiger partial charge is 0.480 e. The first kappa shape index (κ1) is 14.9. The topological polar surface area (TPSA) is 78.4 Å². The molecule has 0 bridgehead atoms. The van der Waals surface area contributed by atoms with Crippen LogP contribution in [0, 0.1) is 6.92 Å². The first-order chi connectivity index (χ1) is 8.09. The van der Waals surface area contributed by atoms with Gasteiger partial charge in [-0.2, -0.15) is 0 Å². The molecule has 18 heavy (non-hydrogen) atoms. The van der Waals surface area contributed by atoms with Crippen LogP contribution >= 0.6 is 24.0 Å². The van der Waals surface area contributed by atoms with Gasteiger partial charge in [0.15, 0.2) is 0 Å². The number of carbonyl (C=O) groups is 1. The highest BCUT2D eigenvalue weighted by molar-refractivity contribution is 6.30. The van der Waals surface area contributed by atoms with Gasteiger partial charge in [0.1, 0.15) is 11.2 Å². The van der Waals surface area contributed by atoms with E-state index in [4.69, 9.17) is 16.7 Å². The van der Waals surface area contributed by atoms with Crippen molar-refractivity contribution in [2.24, 2.45) is 0 Å². The number of carboxylic acid groups (broad SMARTS) is 1. The Bertz CT molecular complexity index is 444.